The van der Waals surface area contributed by atoms with E-state index in [2.05, 4.69) is 10.0 Å². The number of benzene rings is 2. The van der Waals surface area contributed by atoms with Gasteiger partial charge in [0, 0.05) is 11.7 Å². The maximum Gasteiger partial charge on any atom is 0.342 e. The van der Waals surface area contributed by atoms with Crippen molar-refractivity contribution < 1.29 is 22.7 Å². The van der Waals surface area contributed by atoms with Gasteiger partial charge in [0.1, 0.15) is 0 Å². The molecule has 0 saturated carbocycles. The van der Waals surface area contributed by atoms with Gasteiger partial charge in [-0.15, -0.1) is 0 Å². The molecule has 2 aromatic rings. The SMILES string of the molecule is CC(C)NS(=O)(=O)c1ccc(NC(=O)C(C)OC(=O)c2c(Cl)ccc(Cl)c2Cl)cc1. The predicted molar refractivity (Wildman–Crippen MR) is 117 cm³/mol. The molecule has 1 amide bonds. The van der Waals surface area contributed by atoms with Gasteiger partial charge in [0.25, 0.3) is 5.91 Å². The van der Waals surface area contributed by atoms with E-state index in [4.69, 9.17) is 39.5 Å². The van der Waals surface area contributed by atoms with Crippen LogP contribution in [0.1, 0.15) is 31.1 Å². The summed E-state index contributed by atoms with van der Waals surface area (Å²) in [5.41, 5.74) is 0.183. The van der Waals surface area contributed by atoms with Gasteiger partial charge in [-0.05, 0) is 57.2 Å². The first-order valence-corrected chi connectivity index (χ1v) is 11.3. The fourth-order valence-electron chi connectivity index (χ4n) is 2.33. The molecule has 0 bridgehead atoms. The lowest BCUT2D eigenvalue weighted by molar-refractivity contribution is -0.123. The molecule has 11 heteroatoms. The van der Waals surface area contributed by atoms with Crippen LogP contribution >= 0.6 is 34.8 Å². The topological polar surface area (TPSA) is 102 Å². The maximum atomic E-state index is 12.3. The highest BCUT2D eigenvalue weighted by atomic mass is 35.5. The summed E-state index contributed by atoms with van der Waals surface area (Å²) in [6.45, 7) is 4.78. The summed E-state index contributed by atoms with van der Waals surface area (Å²) in [7, 11) is -3.65. The number of anilines is 1. The number of amides is 1. The van der Waals surface area contributed by atoms with Gasteiger partial charge in [0.15, 0.2) is 6.10 Å². The molecule has 0 radical (unpaired) electrons. The minimum absolute atomic E-state index is 0.0359. The number of hydrogen-bond acceptors (Lipinski definition) is 5. The van der Waals surface area contributed by atoms with Crippen molar-refractivity contribution in [3.05, 3.63) is 57.0 Å². The van der Waals surface area contributed by atoms with E-state index in [-0.39, 0.29) is 31.6 Å². The van der Waals surface area contributed by atoms with Gasteiger partial charge in [0.2, 0.25) is 10.0 Å². The molecule has 0 heterocycles. The molecule has 0 aliphatic rings. The van der Waals surface area contributed by atoms with E-state index in [1.807, 2.05) is 0 Å². The van der Waals surface area contributed by atoms with Gasteiger partial charge in [0.05, 0.1) is 25.5 Å². The molecule has 0 aliphatic heterocycles. The zero-order valence-electron chi connectivity index (χ0n) is 16.2. The molecule has 0 aromatic heterocycles. The van der Waals surface area contributed by atoms with E-state index in [0.29, 0.717) is 5.69 Å². The van der Waals surface area contributed by atoms with Crippen molar-refractivity contribution in [3.8, 4) is 0 Å². The third kappa shape index (κ3) is 6.09. The summed E-state index contributed by atoms with van der Waals surface area (Å²) in [6, 6.07) is 8.11. The largest absolute Gasteiger partial charge is 0.449 e. The molecule has 162 valence electrons. The number of hydrogen-bond donors (Lipinski definition) is 2. The normalized spacial score (nSPS) is 12.5. The quantitative estimate of drug-likeness (QED) is 0.436. The fraction of sp³-hybridized carbons (Fsp3) is 0.263. The Bertz CT molecular complexity index is 1060. The van der Waals surface area contributed by atoms with Gasteiger partial charge >= 0.3 is 5.97 Å². The van der Waals surface area contributed by atoms with Crippen molar-refractivity contribution >= 4 is 62.4 Å². The van der Waals surface area contributed by atoms with Gasteiger partial charge in [-0.3, -0.25) is 4.79 Å². The first-order chi connectivity index (χ1) is 13.9. The van der Waals surface area contributed by atoms with Crippen molar-refractivity contribution in [2.45, 2.75) is 37.8 Å². The lowest BCUT2D eigenvalue weighted by Crippen LogP contribution is -2.31. The molecule has 0 aliphatic carbocycles. The number of esters is 1. The fourth-order valence-corrected chi connectivity index (χ4v) is 4.26. The van der Waals surface area contributed by atoms with Crippen LogP contribution in [0.5, 0.6) is 0 Å². The van der Waals surface area contributed by atoms with Crippen LogP contribution in [-0.2, 0) is 19.6 Å². The van der Waals surface area contributed by atoms with Crippen LogP contribution in [0.15, 0.2) is 41.3 Å². The monoisotopic (exact) mass is 492 g/mol. The standard InChI is InChI=1S/C19H19Cl3N2O5S/c1-10(2)24-30(27,28)13-6-4-12(5-7-13)23-18(25)11(3)29-19(26)16-14(20)8-9-15(21)17(16)22/h4-11,24H,1-3H3,(H,23,25). The van der Waals surface area contributed by atoms with Crippen LogP contribution in [0.3, 0.4) is 0 Å². The van der Waals surface area contributed by atoms with Gasteiger partial charge in [-0.25, -0.2) is 17.9 Å². The van der Waals surface area contributed by atoms with Crippen LogP contribution < -0.4 is 10.0 Å². The lowest BCUT2D eigenvalue weighted by Gasteiger charge is -2.15. The van der Waals surface area contributed by atoms with Crippen molar-refractivity contribution in [3.63, 3.8) is 0 Å². The number of nitrogens with one attached hydrogen (secondary N) is 2. The van der Waals surface area contributed by atoms with E-state index in [0.717, 1.165) is 0 Å². The second kappa shape index (κ2) is 9.98. The molecule has 0 fully saturated rings. The van der Waals surface area contributed by atoms with Gasteiger partial charge in [-0.1, -0.05) is 34.8 Å². The minimum atomic E-state index is -3.65. The van der Waals surface area contributed by atoms with Crippen molar-refractivity contribution in [2.24, 2.45) is 0 Å². The van der Waals surface area contributed by atoms with E-state index >= 15 is 0 Å². The summed E-state index contributed by atoms with van der Waals surface area (Å²) in [4.78, 5) is 24.7. The summed E-state index contributed by atoms with van der Waals surface area (Å²) in [6.07, 6.45) is -1.19. The van der Waals surface area contributed by atoms with Crippen LogP contribution in [0.25, 0.3) is 0 Å². The minimum Gasteiger partial charge on any atom is -0.449 e. The van der Waals surface area contributed by atoms with E-state index in [1.54, 1.807) is 13.8 Å². The number of halogens is 3. The molecule has 1 unspecified atom stereocenters. The first kappa shape index (κ1) is 24.4. The van der Waals surface area contributed by atoms with Crippen LogP contribution in [0.4, 0.5) is 5.69 Å². The Morgan fingerprint density at radius 2 is 1.50 bits per heavy atom. The third-order valence-electron chi connectivity index (χ3n) is 3.72. The molecule has 2 N–H and O–H groups in total. The maximum absolute atomic E-state index is 12.3. The molecule has 30 heavy (non-hydrogen) atoms. The molecule has 2 rings (SSSR count). The van der Waals surface area contributed by atoms with Crippen molar-refractivity contribution in [1.82, 2.24) is 4.72 Å². The summed E-state index contributed by atoms with van der Waals surface area (Å²) in [5.74, 6) is -1.54. The van der Waals surface area contributed by atoms with Crippen LogP contribution in [-0.4, -0.2) is 32.4 Å². The molecular weight excluding hydrogens is 475 g/mol. The van der Waals surface area contributed by atoms with Crippen LogP contribution in [0.2, 0.25) is 15.1 Å². The summed E-state index contributed by atoms with van der Waals surface area (Å²) >= 11 is 17.9. The second-order valence-electron chi connectivity index (χ2n) is 6.56. The number of rotatable bonds is 7. The van der Waals surface area contributed by atoms with Gasteiger partial charge in [-0.2, -0.15) is 0 Å². The van der Waals surface area contributed by atoms with Crippen LogP contribution in [0, 0.1) is 0 Å². The van der Waals surface area contributed by atoms with Gasteiger partial charge < -0.3 is 10.1 Å². The number of carbonyl (C=O) groups excluding carboxylic acids is 2. The molecule has 7 nitrogen and oxygen atoms in total. The Labute approximate surface area is 189 Å². The average molecular weight is 494 g/mol. The zero-order valence-corrected chi connectivity index (χ0v) is 19.3. The second-order valence-corrected chi connectivity index (χ2v) is 9.46. The number of sulfonamides is 1. The summed E-state index contributed by atoms with van der Waals surface area (Å²) in [5, 5.41) is 2.61. The molecule has 0 spiro atoms. The Morgan fingerprint density at radius 1 is 0.933 bits per heavy atom. The highest BCUT2D eigenvalue weighted by molar-refractivity contribution is 7.89. The average Bonchev–Trinajstić information content (AvgIpc) is 2.64. The lowest BCUT2D eigenvalue weighted by atomic mass is 10.2. The number of carbonyl (C=O) groups is 2. The Hall–Kier alpha value is -1.84. The van der Waals surface area contributed by atoms with E-state index in [9.17, 15) is 18.0 Å². The third-order valence-corrected chi connectivity index (χ3v) is 6.52. The van der Waals surface area contributed by atoms with E-state index < -0.39 is 28.0 Å². The van der Waals surface area contributed by atoms with Crippen molar-refractivity contribution in [1.29, 1.82) is 0 Å². The Morgan fingerprint density at radius 3 is 2.07 bits per heavy atom. The summed E-state index contributed by atoms with van der Waals surface area (Å²) < 4.78 is 31.8. The van der Waals surface area contributed by atoms with E-state index in [1.165, 1.54) is 43.3 Å². The number of ether oxygens (including phenoxy) is 1. The molecular formula is C19H19Cl3N2O5S. The highest BCUT2D eigenvalue weighted by Crippen LogP contribution is 2.32. The smallest absolute Gasteiger partial charge is 0.342 e. The molecule has 2 aromatic carbocycles. The first-order valence-electron chi connectivity index (χ1n) is 8.70. The zero-order chi connectivity index (χ0) is 22.6. The molecule has 0 saturated heterocycles. The highest BCUT2D eigenvalue weighted by Gasteiger charge is 2.24. The predicted octanol–water partition coefficient (Wildman–Crippen LogP) is 4.52. The Balaban J connectivity index is 2.06. The van der Waals surface area contributed by atoms with Crippen molar-refractivity contribution in [2.75, 3.05) is 5.32 Å². The molecule has 1 atom stereocenters. The Kier molecular flexibility index (Phi) is 8.13.